The fraction of sp³-hybridized carbons (Fsp3) is 0.500. The molecule has 0 bridgehead atoms. The number of hydrogen-bond acceptors (Lipinski definition) is 5. The van der Waals surface area contributed by atoms with E-state index < -0.39 is 10.8 Å². The van der Waals surface area contributed by atoms with E-state index in [0.29, 0.717) is 22.3 Å². The summed E-state index contributed by atoms with van der Waals surface area (Å²) in [6, 6.07) is 5.38. The highest BCUT2D eigenvalue weighted by atomic mass is 32.2. The summed E-state index contributed by atoms with van der Waals surface area (Å²) in [7, 11) is 3.74. The van der Waals surface area contributed by atoms with Crippen LogP contribution in [0, 0.1) is 0 Å². The van der Waals surface area contributed by atoms with E-state index in [1.807, 2.05) is 17.7 Å². The number of aromatic nitrogens is 3. The summed E-state index contributed by atoms with van der Waals surface area (Å²) < 4.78 is 25.5. The molecule has 6 nitrogen and oxygen atoms in total. The Labute approximate surface area is 138 Å². The van der Waals surface area contributed by atoms with Crippen molar-refractivity contribution in [1.29, 1.82) is 0 Å². The first kappa shape index (κ1) is 16.0. The summed E-state index contributed by atoms with van der Waals surface area (Å²) in [5, 5.41) is 8.52. The fourth-order valence-electron chi connectivity index (χ4n) is 2.75. The molecule has 23 heavy (non-hydrogen) atoms. The van der Waals surface area contributed by atoms with Crippen LogP contribution in [0.4, 0.5) is 0 Å². The Morgan fingerprint density at radius 1 is 1.22 bits per heavy atom. The molecule has 1 aromatic heterocycles. The molecular formula is C16H21N3O3S. The van der Waals surface area contributed by atoms with Gasteiger partial charge in [-0.2, -0.15) is 0 Å². The first-order chi connectivity index (χ1) is 11.2. The van der Waals surface area contributed by atoms with E-state index in [1.54, 1.807) is 26.4 Å². The molecule has 1 aliphatic carbocycles. The molecule has 0 amide bonds. The van der Waals surface area contributed by atoms with Crippen LogP contribution in [0.2, 0.25) is 0 Å². The first-order valence-corrected chi connectivity index (χ1v) is 8.95. The molecule has 0 unspecified atom stereocenters. The molecule has 0 saturated heterocycles. The van der Waals surface area contributed by atoms with E-state index in [0.717, 1.165) is 24.5 Å². The lowest BCUT2D eigenvalue weighted by Gasteiger charge is -2.24. The van der Waals surface area contributed by atoms with Gasteiger partial charge in [0.15, 0.2) is 0 Å². The maximum Gasteiger partial charge on any atom is 0.145 e. The molecule has 124 valence electrons. The summed E-state index contributed by atoms with van der Waals surface area (Å²) in [5.74, 6) is 3.62. The molecule has 0 aliphatic heterocycles. The third-order valence-corrected chi connectivity index (χ3v) is 5.72. The van der Waals surface area contributed by atoms with Gasteiger partial charge in [-0.3, -0.25) is 4.21 Å². The summed E-state index contributed by atoms with van der Waals surface area (Å²) in [5.41, 5.74) is 0. The van der Waals surface area contributed by atoms with Crippen molar-refractivity contribution in [2.24, 2.45) is 7.05 Å². The van der Waals surface area contributed by atoms with Gasteiger partial charge in [-0.15, -0.1) is 10.2 Å². The minimum absolute atomic E-state index is 0.285. The van der Waals surface area contributed by atoms with Gasteiger partial charge in [-0.05, 0) is 25.0 Å². The van der Waals surface area contributed by atoms with Crippen molar-refractivity contribution in [2.45, 2.75) is 35.8 Å². The second-order valence-corrected chi connectivity index (χ2v) is 7.03. The van der Waals surface area contributed by atoms with Crippen LogP contribution in [0.1, 0.15) is 36.8 Å². The van der Waals surface area contributed by atoms with Crippen LogP contribution in [-0.4, -0.2) is 33.2 Å². The van der Waals surface area contributed by atoms with Gasteiger partial charge in [-0.1, -0.05) is 12.5 Å². The average molecular weight is 335 g/mol. The van der Waals surface area contributed by atoms with Crippen molar-refractivity contribution in [2.75, 3.05) is 14.2 Å². The molecule has 1 aromatic carbocycles. The summed E-state index contributed by atoms with van der Waals surface area (Å²) >= 11 is 0. The van der Waals surface area contributed by atoms with Crippen LogP contribution >= 0.6 is 0 Å². The Balaban J connectivity index is 1.86. The number of rotatable bonds is 6. The standard InChI is InChI=1S/C16H21N3O3S/c1-19-14(17-18-16(19)11-6-4-7-11)10-23(20)15-12(21-2)8-5-9-13(15)22-3/h5,8-9,11H,4,6-7,10H2,1-3H3/t23-/m1/s1. The Hall–Kier alpha value is -1.89. The number of ether oxygens (including phenoxy) is 2. The molecule has 1 atom stereocenters. The molecule has 0 spiro atoms. The van der Waals surface area contributed by atoms with E-state index in [1.165, 1.54) is 6.42 Å². The number of methoxy groups -OCH3 is 2. The lowest BCUT2D eigenvalue weighted by Crippen LogP contribution is -2.15. The molecule has 0 N–H and O–H groups in total. The SMILES string of the molecule is COc1cccc(OC)c1[S@](=O)Cc1nnc(C2CCC2)n1C. The minimum Gasteiger partial charge on any atom is -0.495 e. The molecule has 3 rings (SSSR count). The second kappa shape index (κ2) is 6.70. The quantitative estimate of drug-likeness (QED) is 0.811. The van der Waals surface area contributed by atoms with E-state index in [-0.39, 0.29) is 5.75 Å². The first-order valence-electron chi connectivity index (χ1n) is 7.63. The Morgan fingerprint density at radius 2 is 1.87 bits per heavy atom. The van der Waals surface area contributed by atoms with Crippen LogP contribution in [0.25, 0.3) is 0 Å². The van der Waals surface area contributed by atoms with E-state index in [2.05, 4.69) is 10.2 Å². The van der Waals surface area contributed by atoms with Gasteiger partial charge in [0.05, 0.1) is 30.8 Å². The second-order valence-electron chi connectivity index (χ2n) is 5.64. The lowest BCUT2D eigenvalue weighted by atomic mass is 9.85. The topological polar surface area (TPSA) is 66.2 Å². The van der Waals surface area contributed by atoms with Crippen LogP contribution in [0.5, 0.6) is 11.5 Å². The Morgan fingerprint density at radius 3 is 2.39 bits per heavy atom. The lowest BCUT2D eigenvalue weighted by molar-refractivity contribution is 0.375. The van der Waals surface area contributed by atoms with Gasteiger partial charge < -0.3 is 14.0 Å². The van der Waals surface area contributed by atoms with Gasteiger partial charge in [0.2, 0.25) is 0 Å². The molecule has 1 heterocycles. The van der Waals surface area contributed by atoms with Gasteiger partial charge >= 0.3 is 0 Å². The van der Waals surface area contributed by atoms with Crippen LogP contribution < -0.4 is 9.47 Å². The highest BCUT2D eigenvalue weighted by molar-refractivity contribution is 7.84. The number of benzene rings is 1. The highest BCUT2D eigenvalue weighted by Gasteiger charge is 2.26. The van der Waals surface area contributed by atoms with Crippen molar-refractivity contribution in [3.8, 4) is 11.5 Å². The van der Waals surface area contributed by atoms with Gasteiger partial charge in [0.25, 0.3) is 0 Å². The van der Waals surface area contributed by atoms with Crippen molar-refractivity contribution < 1.29 is 13.7 Å². The summed E-state index contributed by atoms with van der Waals surface area (Å²) in [6.07, 6.45) is 3.57. The summed E-state index contributed by atoms with van der Waals surface area (Å²) in [4.78, 5) is 0.561. The molecule has 1 aliphatic rings. The van der Waals surface area contributed by atoms with Gasteiger partial charge in [-0.25, -0.2) is 0 Å². The maximum atomic E-state index is 12.9. The highest BCUT2D eigenvalue weighted by Crippen LogP contribution is 2.36. The fourth-order valence-corrected chi connectivity index (χ4v) is 4.14. The Bertz CT molecular complexity index is 703. The van der Waals surface area contributed by atoms with Crippen LogP contribution in [0.3, 0.4) is 0 Å². The largest absolute Gasteiger partial charge is 0.495 e. The molecule has 1 saturated carbocycles. The monoisotopic (exact) mass is 335 g/mol. The van der Waals surface area contributed by atoms with Crippen LogP contribution in [-0.2, 0) is 23.6 Å². The van der Waals surface area contributed by atoms with E-state index >= 15 is 0 Å². The van der Waals surface area contributed by atoms with Crippen molar-refractivity contribution in [3.05, 3.63) is 29.8 Å². The van der Waals surface area contributed by atoms with E-state index in [9.17, 15) is 4.21 Å². The predicted molar refractivity (Wildman–Crippen MR) is 87.3 cm³/mol. The van der Waals surface area contributed by atoms with Crippen molar-refractivity contribution in [1.82, 2.24) is 14.8 Å². The molecular weight excluding hydrogens is 314 g/mol. The number of hydrogen-bond donors (Lipinski definition) is 0. The van der Waals surface area contributed by atoms with Crippen LogP contribution in [0.15, 0.2) is 23.1 Å². The molecule has 0 radical (unpaired) electrons. The Kier molecular flexibility index (Phi) is 4.66. The predicted octanol–water partition coefficient (Wildman–Crippen LogP) is 2.41. The van der Waals surface area contributed by atoms with Crippen molar-refractivity contribution in [3.63, 3.8) is 0 Å². The number of nitrogens with zero attached hydrogens (tertiary/aromatic N) is 3. The summed E-state index contributed by atoms with van der Waals surface area (Å²) in [6.45, 7) is 0. The third-order valence-electron chi connectivity index (χ3n) is 4.34. The van der Waals surface area contributed by atoms with Crippen molar-refractivity contribution >= 4 is 10.8 Å². The maximum absolute atomic E-state index is 12.9. The normalized spacial score (nSPS) is 16.0. The van der Waals surface area contributed by atoms with E-state index in [4.69, 9.17) is 9.47 Å². The van der Waals surface area contributed by atoms with Gasteiger partial charge in [0.1, 0.15) is 28.0 Å². The minimum atomic E-state index is -1.32. The zero-order valence-corrected chi connectivity index (χ0v) is 14.4. The zero-order chi connectivity index (χ0) is 16.4. The average Bonchev–Trinajstić information content (AvgIpc) is 2.86. The smallest absolute Gasteiger partial charge is 0.145 e. The molecule has 7 heteroatoms. The zero-order valence-electron chi connectivity index (χ0n) is 13.6. The van der Waals surface area contributed by atoms with Gasteiger partial charge in [0, 0.05) is 13.0 Å². The molecule has 1 fully saturated rings. The third kappa shape index (κ3) is 2.97. The molecule has 2 aromatic rings.